The van der Waals surface area contributed by atoms with Crippen LogP contribution in [0.5, 0.6) is 0 Å². The maximum absolute atomic E-state index is 14.9. The molecule has 4 aromatic rings. The van der Waals surface area contributed by atoms with E-state index in [4.69, 9.17) is 16.3 Å². The van der Waals surface area contributed by atoms with Crippen molar-refractivity contribution in [3.8, 4) is 11.4 Å². The average Bonchev–Trinajstić information content (AvgIpc) is 3.32. The summed E-state index contributed by atoms with van der Waals surface area (Å²) >= 11 is 6.24. The number of fused-ring (bicyclic) bond motifs is 1. The van der Waals surface area contributed by atoms with Gasteiger partial charge < -0.3 is 15.4 Å². The summed E-state index contributed by atoms with van der Waals surface area (Å²) in [6, 6.07) is 7.92. The fourth-order valence-electron chi connectivity index (χ4n) is 5.19. The lowest BCUT2D eigenvalue weighted by Crippen LogP contribution is -2.46. The van der Waals surface area contributed by atoms with Gasteiger partial charge in [-0.1, -0.05) is 42.1 Å². The summed E-state index contributed by atoms with van der Waals surface area (Å²) in [6.45, 7) is 7.64. The summed E-state index contributed by atoms with van der Waals surface area (Å²) in [5.41, 5.74) is 0.767. The summed E-state index contributed by atoms with van der Waals surface area (Å²) < 4.78 is 48.7. The van der Waals surface area contributed by atoms with Crippen LogP contribution in [0.25, 0.3) is 22.4 Å². The number of alkyl carbamates (subject to hydrolysis) is 1. The van der Waals surface area contributed by atoms with Crippen molar-refractivity contribution in [2.45, 2.75) is 69.9 Å². The van der Waals surface area contributed by atoms with Gasteiger partial charge in [-0.3, -0.25) is 0 Å². The molecule has 2 unspecified atom stereocenters. The molecule has 10 nitrogen and oxygen atoms in total. The van der Waals surface area contributed by atoms with Crippen LogP contribution in [0.4, 0.5) is 15.0 Å². The van der Waals surface area contributed by atoms with Gasteiger partial charge in [0.2, 0.25) is 0 Å². The lowest BCUT2D eigenvalue weighted by atomic mass is 9.84. The number of rotatable bonds is 7. The van der Waals surface area contributed by atoms with Gasteiger partial charge in [0.15, 0.2) is 23.1 Å². The standard InChI is InChI=1S/C30H34ClFN6O4S/c1-18-9-11-21(12-10-18)43(40,41)38-17-23(22-13-20(31)15-35-28(22)38)26-34-16-24(32)27(37-26)33-14-19-7-5-6-8-25(19)36-29(39)42-30(2,3)4/h9-13,15-17,19,25H,5-8,14H2,1-4H3,(H,36,39)(H,33,34,37). The first kappa shape index (κ1) is 30.7. The van der Waals surface area contributed by atoms with Crippen molar-refractivity contribution < 1.29 is 22.3 Å². The van der Waals surface area contributed by atoms with Crippen LogP contribution >= 0.6 is 11.6 Å². The van der Waals surface area contributed by atoms with Gasteiger partial charge in [0.05, 0.1) is 16.1 Å². The minimum Gasteiger partial charge on any atom is -0.444 e. The number of pyridine rings is 1. The molecule has 1 amide bonds. The van der Waals surface area contributed by atoms with E-state index in [1.54, 1.807) is 39.0 Å². The van der Waals surface area contributed by atoms with Crippen molar-refractivity contribution in [2.24, 2.45) is 5.92 Å². The SMILES string of the molecule is Cc1ccc(S(=O)(=O)n2cc(-c3ncc(F)c(NCC4CCCCC4NC(=O)OC(C)(C)C)n3)c3cc(Cl)cnc32)cc1. The molecule has 0 aliphatic heterocycles. The second-order valence-corrected chi connectivity index (χ2v) is 14.0. The Hall–Kier alpha value is -3.77. The van der Waals surface area contributed by atoms with Gasteiger partial charge in [-0.2, -0.15) is 0 Å². The number of aromatic nitrogens is 4. The molecule has 0 saturated heterocycles. The Morgan fingerprint density at radius 1 is 1.14 bits per heavy atom. The van der Waals surface area contributed by atoms with E-state index in [1.165, 1.54) is 24.5 Å². The third kappa shape index (κ3) is 6.91. The van der Waals surface area contributed by atoms with Crippen molar-refractivity contribution in [3.63, 3.8) is 0 Å². The first-order chi connectivity index (χ1) is 20.3. The lowest BCUT2D eigenvalue weighted by Gasteiger charge is -2.33. The van der Waals surface area contributed by atoms with E-state index in [1.807, 2.05) is 6.92 Å². The van der Waals surface area contributed by atoms with Gasteiger partial charge in [0, 0.05) is 35.9 Å². The number of aryl methyl sites for hydroxylation is 1. The highest BCUT2D eigenvalue weighted by Crippen LogP contribution is 2.33. The molecule has 1 aromatic carbocycles. The second-order valence-electron chi connectivity index (χ2n) is 11.7. The molecule has 0 spiro atoms. The molecule has 0 radical (unpaired) electrons. The van der Waals surface area contributed by atoms with Gasteiger partial charge in [-0.25, -0.2) is 36.5 Å². The molecule has 1 aliphatic carbocycles. The summed E-state index contributed by atoms with van der Waals surface area (Å²) in [7, 11) is -4.03. The second kappa shape index (κ2) is 12.1. The van der Waals surface area contributed by atoms with Crippen molar-refractivity contribution in [1.29, 1.82) is 0 Å². The number of nitrogens with one attached hydrogen (secondary N) is 2. The molecule has 3 aromatic heterocycles. The molecular formula is C30H34ClFN6O4S. The van der Waals surface area contributed by atoms with Crippen LogP contribution in [0.15, 0.2) is 53.8 Å². The fraction of sp³-hybridized carbons (Fsp3) is 0.400. The zero-order valence-corrected chi connectivity index (χ0v) is 26.0. The number of hydrogen-bond donors (Lipinski definition) is 2. The summed E-state index contributed by atoms with van der Waals surface area (Å²) in [4.78, 5) is 25.4. The number of nitrogens with zero attached hydrogens (tertiary/aromatic N) is 4. The highest BCUT2D eigenvalue weighted by Gasteiger charge is 2.29. The molecule has 2 N–H and O–H groups in total. The fourth-order valence-corrected chi connectivity index (χ4v) is 6.67. The van der Waals surface area contributed by atoms with Crippen molar-refractivity contribution >= 4 is 44.6 Å². The molecular weight excluding hydrogens is 595 g/mol. The van der Waals surface area contributed by atoms with Gasteiger partial charge in [-0.15, -0.1) is 0 Å². The van der Waals surface area contributed by atoms with Gasteiger partial charge in [0.1, 0.15) is 5.60 Å². The molecule has 1 saturated carbocycles. The zero-order chi connectivity index (χ0) is 30.9. The summed E-state index contributed by atoms with van der Waals surface area (Å²) in [6.07, 6.45) is 6.87. The van der Waals surface area contributed by atoms with E-state index >= 15 is 0 Å². The third-order valence-electron chi connectivity index (χ3n) is 7.28. The molecule has 5 rings (SSSR count). The molecule has 1 fully saturated rings. The maximum atomic E-state index is 14.9. The van der Waals surface area contributed by atoms with Crippen molar-refractivity contribution in [3.05, 3.63) is 65.3 Å². The largest absolute Gasteiger partial charge is 0.444 e. The average molecular weight is 629 g/mol. The van der Waals surface area contributed by atoms with E-state index in [-0.39, 0.29) is 34.1 Å². The van der Waals surface area contributed by atoms with E-state index in [9.17, 15) is 17.6 Å². The minimum atomic E-state index is -4.03. The molecule has 2 atom stereocenters. The lowest BCUT2D eigenvalue weighted by molar-refractivity contribution is 0.0472. The molecule has 3 heterocycles. The van der Waals surface area contributed by atoms with Crippen LogP contribution in [0.3, 0.4) is 0 Å². The predicted octanol–water partition coefficient (Wildman–Crippen LogP) is 6.33. The number of carbonyl (C=O) groups excluding carboxylic acids is 1. The van der Waals surface area contributed by atoms with E-state index < -0.39 is 27.5 Å². The molecule has 228 valence electrons. The Balaban J connectivity index is 1.44. The van der Waals surface area contributed by atoms with Crippen LogP contribution in [-0.4, -0.2) is 51.6 Å². The van der Waals surface area contributed by atoms with Gasteiger partial charge in [0.25, 0.3) is 10.0 Å². The first-order valence-corrected chi connectivity index (χ1v) is 15.9. The smallest absolute Gasteiger partial charge is 0.407 e. The van der Waals surface area contributed by atoms with Gasteiger partial charge >= 0.3 is 6.09 Å². The number of carbonyl (C=O) groups is 1. The number of hydrogen-bond acceptors (Lipinski definition) is 8. The summed E-state index contributed by atoms with van der Waals surface area (Å²) in [5.74, 6) is -0.584. The van der Waals surface area contributed by atoms with E-state index in [0.717, 1.165) is 41.4 Å². The first-order valence-electron chi connectivity index (χ1n) is 14.1. The van der Waals surface area contributed by atoms with E-state index in [2.05, 4.69) is 25.6 Å². The van der Waals surface area contributed by atoms with Crippen LogP contribution in [0.1, 0.15) is 52.0 Å². The van der Waals surface area contributed by atoms with Gasteiger partial charge in [-0.05, 0) is 64.7 Å². The van der Waals surface area contributed by atoms with Crippen LogP contribution in [0.2, 0.25) is 5.02 Å². The number of ether oxygens (including phenoxy) is 1. The molecule has 0 bridgehead atoms. The quantitative estimate of drug-likeness (QED) is 0.243. The topological polar surface area (TPSA) is 128 Å². The Bertz CT molecular complexity index is 1760. The zero-order valence-electron chi connectivity index (χ0n) is 24.4. The monoisotopic (exact) mass is 628 g/mol. The highest BCUT2D eigenvalue weighted by molar-refractivity contribution is 7.90. The highest BCUT2D eigenvalue weighted by atomic mass is 35.5. The molecule has 43 heavy (non-hydrogen) atoms. The Labute approximate surface area is 255 Å². The van der Waals surface area contributed by atoms with E-state index in [0.29, 0.717) is 22.5 Å². The summed E-state index contributed by atoms with van der Waals surface area (Å²) in [5, 5.41) is 6.74. The molecule has 1 aliphatic rings. The molecule has 13 heteroatoms. The van der Waals surface area contributed by atoms with Crippen LogP contribution in [0, 0.1) is 18.7 Å². The van der Waals surface area contributed by atoms with Crippen LogP contribution in [-0.2, 0) is 14.8 Å². The predicted molar refractivity (Wildman–Crippen MR) is 163 cm³/mol. The number of amides is 1. The Morgan fingerprint density at radius 3 is 2.58 bits per heavy atom. The third-order valence-corrected chi connectivity index (χ3v) is 9.16. The number of halogens is 2. The number of anilines is 1. The normalized spacial score (nSPS) is 17.5. The number of benzene rings is 1. The van der Waals surface area contributed by atoms with Crippen molar-refractivity contribution in [1.82, 2.24) is 24.2 Å². The van der Waals surface area contributed by atoms with Crippen molar-refractivity contribution in [2.75, 3.05) is 11.9 Å². The van der Waals surface area contributed by atoms with Crippen LogP contribution < -0.4 is 10.6 Å². The Kier molecular flexibility index (Phi) is 8.62. The minimum absolute atomic E-state index is 0.0173. The maximum Gasteiger partial charge on any atom is 0.407 e. The Morgan fingerprint density at radius 2 is 1.86 bits per heavy atom.